The molecule has 2 aromatic rings. The van der Waals surface area contributed by atoms with Crippen LogP contribution in [0, 0.1) is 0 Å². The third kappa shape index (κ3) is 4.81. The van der Waals surface area contributed by atoms with E-state index in [1.54, 1.807) is 0 Å². The summed E-state index contributed by atoms with van der Waals surface area (Å²) in [4.78, 5) is 0. The Hall–Kier alpha value is -1.63. The molecule has 4 atom stereocenters. The van der Waals surface area contributed by atoms with E-state index in [-0.39, 0.29) is 13.0 Å². The van der Waals surface area contributed by atoms with E-state index in [0.29, 0.717) is 18.1 Å². The molecule has 0 radical (unpaired) electrons. The second kappa shape index (κ2) is 9.04. The Morgan fingerprint density at radius 2 is 1.89 bits per heavy atom. The Bertz CT molecular complexity index is 749. The first kappa shape index (κ1) is 20.1. The molecule has 146 valence electrons. The second-order valence-corrected chi connectivity index (χ2v) is 7.15. The number of rotatable bonds is 6. The van der Waals surface area contributed by atoms with Gasteiger partial charge in [0, 0.05) is 11.4 Å². The first-order valence-electron chi connectivity index (χ1n) is 9.14. The summed E-state index contributed by atoms with van der Waals surface area (Å²) in [6.07, 6.45) is -2.31. The fourth-order valence-corrected chi connectivity index (χ4v) is 3.52. The molecule has 0 spiro atoms. The van der Waals surface area contributed by atoms with Crippen molar-refractivity contribution in [1.82, 2.24) is 0 Å². The summed E-state index contributed by atoms with van der Waals surface area (Å²) in [5.74, 6) is 0.833. The third-order valence-corrected chi connectivity index (χ3v) is 5.19. The topological polar surface area (TPSA) is 79.2 Å². The minimum Gasteiger partial charge on any atom is -0.494 e. The van der Waals surface area contributed by atoms with Gasteiger partial charge in [-0.15, -0.1) is 0 Å². The van der Waals surface area contributed by atoms with E-state index in [0.717, 1.165) is 22.4 Å². The zero-order chi connectivity index (χ0) is 19.4. The van der Waals surface area contributed by atoms with E-state index < -0.39 is 24.4 Å². The number of hydrogen-bond donors (Lipinski definition) is 3. The molecule has 1 aliphatic rings. The van der Waals surface area contributed by atoms with Gasteiger partial charge in [0.05, 0.1) is 25.4 Å². The van der Waals surface area contributed by atoms with Crippen LogP contribution in [0.5, 0.6) is 5.75 Å². The maximum atomic E-state index is 10.1. The van der Waals surface area contributed by atoms with Gasteiger partial charge in [-0.1, -0.05) is 35.9 Å². The molecule has 0 aromatic heterocycles. The van der Waals surface area contributed by atoms with Gasteiger partial charge in [-0.05, 0) is 48.2 Å². The molecule has 0 bridgehead atoms. The van der Waals surface area contributed by atoms with Crippen LogP contribution in [0.4, 0.5) is 0 Å². The number of halogens is 1. The standard InChI is InChI=1S/C21H25ClO5/c1-2-26-16-6-3-13(4-7-16)9-15-10-14(5-8-17(15)22)19-11-18(24)21(25)20(12-23)27-19/h3-8,10,18-21,23-25H,2,9,11-12H2,1H3. The molecular formula is C21H25ClO5. The maximum absolute atomic E-state index is 10.1. The van der Waals surface area contributed by atoms with Crippen molar-refractivity contribution in [3.63, 3.8) is 0 Å². The first-order valence-corrected chi connectivity index (χ1v) is 9.52. The molecule has 0 amide bonds. The fourth-order valence-electron chi connectivity index (χ4n) is 3.34. The highest BCUT2D eigenvalue weighted by Crippen LogP contribution is 2.34. The van der Waals surface area contributed by atoms with Crippen LogP contribution < -0.4 is 4.74 Å². The van der Waals surface area contributed by atoms with Gasteiger partial charge in [0.25, 0.3) is 0 Å². The van der Waals surface area contributed by atoms with Crippen molar-refractivity contribution in [2.24, 2.45) is 0 Å². The number of hydrogen-bond acceptors (Lipinski definition) is 5. The van der Waals surface area contributed by atoms with E-state index >= 15 is 0 Å². The summed E-state index contributed by atoms with van der Waals surface area (Å²) in [6.45, 7) is 2.23. The lowest BCUT2D eigenvalue weighted by molar-refractivity contribution is -0.181. The summed E-state index contributed by atoms with van der Waals surface area (Å²) in [5.41, 5.74) is 2.92. The zero-order valence-corrected chi connectivity index (χ0v) is 16.0. The van der Waals surface area contributed by atoms with Crippen LogP contribution in [0.3, 0.4) is 0 Å². The van der Waals surface area contributed by atoms with Gasteiger partial charge < -0.3 is 24.8 Å². The minimum atomic E-state index is -1.08. The summed E-state index contributed by atoms with van der Waals surface area (Å²) in [5, 5.41) is 30.0. The third-order valence-electron chi connectivity index (χ3n) is 4.82. The average Bonchev–Trinajstić information content (AvgIpc) is 2.67. The zero-order valence-electron chi connectivity index (χ0n) is 15.2. The predicted octanol–water partition coefficient (Wildman–Crippen LogP) is 2.87. The second-order valence-electron chi connectivity index (χ2n) is 6.74. The van der Waals surface area contributed by atoms with Crippen LogP contribution in [0.25, 0.3) is 0 Å². The van der Waals surface area contributed by atoms with Crippen molar-refractivity contribution in [1.29, 1.82) is 0 Å². The lowest BCUT2D eigenvalue weighted by Crippen LogP contribution is -2.47. The van der Waals surface area contributed by atoms with E-state index in [9.17, 15) is 15.3 Å². The van der Waals surface area contributed by atoms with Gasteiger partial charge in [0.15, 0.2) is 0 Å². The SMILES string of the molecule is CCOc1ccc(Cc2cc(C3CC(O)C(O)C(CO)O3)ccc2Cl)cc1. The number of aliphatic hydroxyl groups excluding tert-OH is 3. The van der Waals surface area contributed by atoms with Crippen molar-refractivity contribution in [3.8, 4) is 5.75 Å². The van der Waals surface area contributed by atoms with E-state index in [2.05, 4.69) is 0 Å². The molecule has 1 aliphatic heterocycles. The highest BCUT2D eigenvalue weighted by atomic mass is 35.5. The molecule has 0 aliphatic carbocycles. The van der Waals surface area contributed by atoms with Crippen molar-refractivity contribution >= 4 is 11.6 Å². The van der Waals surface area contributed by atoms with Gasteiger partial charge in [0.1, 0.15) is 18.0 Å². The molecule has 6 heteroatoms. The number of aliphatic hydroxyl groups is 3. The van der Waals surface area contributed by atoms with Crippen LogP contribution in [-0.2, 0) is 11.2 Å². The molecule has 5 nitrogen and oxygen atoms in total. The summed E-state index contributed by atoms with van der Waals surface area (Å²) < 4.78 is 11.2. The summed E-state index contributed by atoms with van der Waals surface area (Å²) in [6, 6.07) is 13.5. The monoisotopic (exact) mass is 392 g/mol. The largest absolute Gasteiger partial charge is 0.494 e. The Morgan fingerprint density at radius 1 is 1.15 bits per heavy atom. The lowest BCUT2D eigenvalue weighted by Gasteiger charge is -2.36. The molecular weight excluding hydrogens is 368 g/mol. The van der Waals surface area contributed by atoms with E-state index in [4.69, 9.17) is 21.1 Å². The Kier molecular flexibility index (Phi) is 6.73. The lowest BCUT2D eigenvalue weighted by atomic mass is 9.92. The Morgan fingerprint density at radius 3 is 2.56 bits per heavy atom. The van der Waals surface area contributed by atoms with Gasteiger partial charge >= 0.3 is 0 Å². The van der Waals surface area contributed by atoms with Crippen molar-refractivity contribution in [3.05, 3.63) is 64.2 Å². The van der Waals surface area contributed by atoms with Crippen LogP contribution in [-0.4, -0.2) is 46.8 Å². The Labute approximate surface area is 164 Å². The van der Waals surface area contributed by atoms with Crippen molar-refractivity contribution in [2.45, 2.75) is 44.2 Å². The fraction of sp³-hybridized carbons (Fsp3) is 0.429. The quantitative estimate of drug-likeness (QED) is 0.704. The highest BCUT2D eigenvalue weighted by Gasteiger charge is 2.37. The van der Waals surface area contributed by atoms with Crippen LogP contribution in [0.15, 0.2) is 42.5 Å². The molecule has 2 aromatic carbocycles. The molecule has 27 heavy (non-hydrogen) atoms. The highest BCUT2D eigenvalue weighted by molar-refractivity contribution is 6.31. The Balaban J connectivity index is 1.78. The summed E-state index contributed by atoms with van der Waals surface area (Å²) in [7, 11) is 0. The molecule has 1 fully saturated rings. The normalized spacial score (nSPS) is 25.4. The van der Waals surface area contributed by atoms with Crippen molar-refractivity contribution < 1.29 is 24.8 Å². The molecule has 3 N–H and O–H groups in total. The number of ether oxygens (including phenoxy) is 2. The van der Waals surface area contributed by atoms with Crippen LogP contribution in [0.1, 0.15) is 36.1 Å². The van der Waals surface area contributed by atoms with Crippen molar-refractivity contribution in [2.75, 3.05) is 13.2 Å². The first-order chi connectivity index (χ1) is 13.0. The minimum absolute atomic E-state index is 0.266. The van der Waals surface area contributed by atoms with Gasteiger partial charge in [0.2, 0.25) is 0 Å². The average molecular weight is 393 g/mol. The van der Waals surface area contributed by atoms with Gasteiger partial charge in [-0.3, -0.25) is 0 Å². The van der Waals surface area contributed by atoms with Crippen LogP contribution in [0.2, 0.25) is 5.02 Å². The van der Waals surface area contributed by atoms with Gasteiger partial charge in [-0.2, -0.15) is 0 Å². The maximum Gasteiger partial charge on any atom is 0.119 e. The molecule has 1 heterocycles. The molecule has 0 saturated carbocycles. The smallest absolute Gasteiger partial charge is 0.119 e. The van der Waals surface area contributed by atoms with Gasteiger partial charge in [-0.25, -0.2) is 0 Å². The molecule has 1 saturated heterocycles. The predicted molar refractivity (Wildman–Crippen MR) is 103 cm³/mol. The molecule has 4 unspecified atom stereocenters. The van der Waals surface area contributed by atoms with E-state index in [1.807, 2.05) is 49.4 Å². The van der Waals surface area contributed by atoms with E-state index in [1.165, 1.54) is 0 Å². The molecule has 3 rings (SSSR count). The summed E-state index contributed by atoms with van der Waals surface area (Å²) >= 11 is 6.38. The van der Waals surface area contributed by atoms with Crippen LogP contribution >= 0.6 is 11.6 Å². The number of benzene rings is 2.